The molecule has 2 aromatic heterocycles. The molecule has 0 spiro atoms. The van der Waals surface area contributed by atoms with Crippen molar-refractivity contribution >= 4 is 0 Å². The number of hydrogen-bond acceptors (Lipinski definition) is 3. The van der Waals surface area contributed by atoms with Crippen molar-refractivity contribution in [2.75, 3.05) is 0 Å². The second kappa shape index (κ2) is 2.16. The molecule has 0 radical (unpaired) electrons. The second-order valence-electron chi connectivity index (χ2n) is 2.04. The molecule has 0 saturated carbocycles. The first-order valence-electron chi connectivity index (χ1n) is 3.08. The van der Waals surface area contributed by atoms with Gasteiger partial charge in [0.25, 0.3) is 0 Å². The minimum absolute atomic E-state index is 0.476. The molecule has 2 rings (SSSR count). The van der Waals surface area contributed by atoms with Gasteiger partial charge in [0.1, 0.15) is 12.0 Å². The van der Waals surface area contributed by atoms with Crippen LogP contribution in [-0.2, 0) is 0 Å². The lowest BCUT2D eigenvalue weighted by Gasteiger charge is -1.83. The molecule has 56 valence electrons. The van der Waals surface area contributed by atoms with Gasteiger partial charge in [0.2, 0.25) is 0 Å². The van der Waals surface area contributed by atoms with Gasteiger partial charge in [-0.25, -0.2) is 4.79 Å². The van der Waals surface area contributed by atoms with E-state index in [2.05, 4.69) is 9.40 Å². The Hall–Kier alpha value is -1.71. The monoisotopic (exact) mass is 151 g/mol. The van der Waals surface area contributed by atoms with Crippen LogP contribution in [-0.4, -0.2) is 4.98 Å². The molecule has 4 nitrogen and oxygen atoms in total. The standard InChI is InChI=1S/C7H5NO3/c9-7-8-5(4-11-7)6-2-1-3-10-6/h1-4H,(H,8,9). The SMILES string of the molecule is O=c1[nH]c(-c2ccco2)co1. The Bertz CT molecular complexity index is 382. The van der Waals surface area contributed by atoms with Gasteiger partial charge in [-0.1, -0.05) is 0 Å². The third-order valence-corrected chi connectivity index (χ3v) is 1.31. The van der Waals surface area contributed by atoms with E-state index in [-0.39, 0.29) is 0 Å². The Morgan fingerprint density at radius 2 is 2.27 bits per heavy atom. The van der Waals surface area contributed by atoms with Crippen LogP contribution in [0.4, 0.5) is 0 Å². The molecule has 0 saturated heterocycles. The Labute approximate surface area is 61.5 Å². The lowest BCUT2D eigenvalue weighted by atomic mass is 10.4. The van der Waals surface area contributed by atoms with E-state index in [0.717, 1.165) is 0 Å². The van der Waals surface area contributed by atoms with Gasteiger partial charge in [-0.2, -0.15) is 0 Å². The van der Waals surface area contributed by atoms with Crippen molar-refractivity contribution in [2.45, 2.75) is 0 Å². The van der Waals surface area contributed by atoms with Crippen LogP contribution < -0.4 is 5.76 Å². The number of hydrogen-bond donors (Lipinski definition) is 1. The molecular weight excluding hydrogens is 146 g/mol. The minimum Gasteiger partial charge on any atom is -0.463 e. The average Bonchev–Trinajstić information content (AvgIpc) is 2.55. The highest BCUT2D eigenvalue weighted by atomic mass is 16.4. The third-order valence-electron chi connectivity index (χ3n) is 1.31. The van der Waals surface area contributed by atoms with Crippen LogP contribution in [0.5, 0.6) is 0 Å². The van der Waals surface area contributed by atoms with E-state index in [1.807, 2.05) is 0 Å². The summed E-state index contributed by atoms with van der Waals surface area (Å²) in [6.45, 7) is 0. The Morgan fingerprint density at radius 3 is 2.82 bits per heavy atom. The van der Waals surface area contributed by atoms with Crippen molar-refractivity contribution in [1.82, 2.24) is 4.98 Å². The maximum atomic E-state index is 10.5. The zero-order valence-corrected chi connectivity index (χ0v) is 5.53. The third kappa shape index (κ3) is 0.980. The predicted octanol–water partition coefficient (Wildman–Crippen LogP) is 1.23. The van der Waals surface area contributed by atoms with Crippen LogP contribution in [0, 0.1) is 0 Å². The van der Waals surface area contributed by atoms with Gasteiger partial charge in [-0.15, -0.1) is 0 Å². The van der Waals surface area contributed by atoms with Crippen LogP contribution in [0.2, 0.25) is 0 Å². The molecule has 0 bridgehead atoms. The summed E-state index contributed by atoms with van der Waals surface area (Å²) >= 11 is 0. The maximum Gasteiger partial charge on any atom is 0.416 e. The summed E-state index contributed by atoms with van der Waals surface area (Å²) in [7, 11) is 0. The van der Waals surface area contributed by atoms with E-state index in [0.29, 0.717) is 11.5 Å². The minimum atomic E-state index is -0.476. The topological polar surface area (TPSA) is 59.1 Å². The Kier molecular flexibility index (Phi) is 1.18. The van der Waals surface area contributed by atoms with Gasteiger partial charge in [0.15, 0.2) is 5.76 Å². The maximum absolute atomic E-state index is 10.5. The van der Waals surface area contributed by atoms with Gasteiger partial charge in [-0.3, -0.25) is 4.98 Å². The normalized spacial score (nSPS) is 10.2. The molecule has 4 heteroatoms. The fraction of sp³-hybridized carbons (Fsp3) is 0. The van der Waals surface area contributed by atoms with Crippen LogP contribution >= 0.6 is 0 Å². The zero-order valence-electron chi connectivity index (χ0n) is 5.53. The van der Waals surface area contributed by atoms with Crippen LogP contribution in [0.3, 0.4) is 0 Å². The molecule has 0 aliphatic carbocycles. The molecule has 0 atom stereocenters. The smallest absolute Gasteiger partial charge is 0.416 e. The summed E-state index contributed by atoms with van der Waals surface area (Å²) < 4.78 is 9.52. The number of aromatic nitrogens is 1. The molecule has 0 aromatic carbocycles. The largest absolute Gasteiger partial charge is 0.463 e. The molecule has 2 aromatic rings. The summed E-state index contributed by atoms with van der Waals surface area (Å²) in [5.41, 5.74) is 0.556. The highest BCUT2D eigenvalue weighted by molar-refractivity contribution is 5.48. The van der Waals surface area contributed by atoms with Gasteiger partial charge < -0.3 is 8.83 Å². The van der Waals surface area contributed by atoms with Crippen molar-refractivity contribution in [3.8, 4) is 11.5 Å². The second-order valence-corrected chi connectivity index (χ2v) is 2.04. The van der Waals surface area contributed by atoms with E-state index < -0.39 is 5.76 Å². The molecule has 0 aliphatic rings. The van der Waals surface area contributed by atoms with Gasteiger partial charge in [-0.05, 0) is 12.1 Å². The molecule has 0 unspecified atom stereocenters. The molecular formula is C7H5NO3. The first kappa shape index (κ1) is 6.03. The number of aromatic amines is 1. The van der Waals surface area contributed by atoms with E-state index in [9.17, 15) is 4.79 Å². The summed E-state index contributed by atoms with van der Waals surface area (Å²) in [6, 6.07) is 3.47. The van der Waals surface area contributed by atoms with Gasteiger partial charge in [0.05, 0.1) is 6.26 Å². The van der Waals surface area contributed by atoms with Crippen LogP contribution in [0.1, 0.15) is 0 Å². The highest BCUT2D eigenvalue weighted by Gasteiger charge is 2.02. The van der Waals surface area contributed by atoms with Gasteiger partial charge >= 0.3 is 5.76 Å². The number of furan rings is 1. The zero-order chi connectivity index (χ0) is 7.68. The number of oxazole rings is 1. The number of nitrogens with one attached hydrogen (secondary N) is 1. The molecule has 11 heavy (non-hydrogen) atoms. The Balaban J connectivity index is 2.53. The van der Waals surface area contributed by atoms with Crippen molar-refractivity contribution in [1.29, 1.82) is 0 Å². The van der Waals surface area contributed by atoms with E-state index in [1.165, 1.54) is 12.5 Å². The molecule has 0 amide bonds. The van der Waals surface area contributed by atoms with E-state index in [1.54, 1.807) is 12.1 Å². The highest BCUT2D eigenvalue weighted by Crippen LogP contribution is 2.14. The fourth-order valence-electron chi connectivity index (χ4n) is 0.833. The van der Waals surface area contributed by atoms with Gasteiger partial charge in [0, 0.05) is 0 Å². The lowest BCUT2D eigenvalue weighted by Crippen LogP contribution is -1.94. The summed E-state index contributed by atoms with van der Waals surface area (Å²) in [5.74, 6) is 0.118. The summed E-state index contributed by atoms with van der Waals surface area (Å²) in [6.07, 6.45) is 2.85. The van der Waals surface area contributed by atoms with Crippen molar-refractivity contribution < 1.29 is 8.83 Å². The fourth-order valence-corrected chi connectivity index (χ4v) is 0.833. The molecule has 0 aliphatic heterocycles. The average molecular weight is 151 g/mol. The Morgan fingerprint density at radius 1 is 1.36 bits per heavy atom. The molecule has 1 N–H and O–H groups in total. The lowest BCUT2D eigenvalue weighted by molar-refractivity contribution is 0.515. The first-order valence-corrected chi connectivity index (χ1v) is 3.08. The number of H-pyrrole nitrogens is 1. The summed E-state index contributed by atoms with van der Waals surface area (Å²) in [5, 5.41) is 0. The predicted molar refractivity (Wildman–Crippen MR) is 37.0 cm³/mol. The molecule has 2 heterocycles. The summed E-state index contributed by atoms with van der Waals surface area (Å²) in [4.78, 5) is 13.0. The van der Waals surface area contributed by atoms with Crippen molar-refractivity contribution in [3.63, 3.8) is 0 Å². The van der Waals surface area contributed by atoms with E-state index in [4.69, 9.17) is 4.42 Å². The van der Waals surface area contributed by atoms with E-state index >= 15 is 0 Å². The van der Waals surface area contributed by atoms with Crippen LogP contribution in [0.25, 0.3) is 11.5 Å². The first-order chi connectivity index (χ1) is 5.36. The quantitative estimate of drug-likeness (QED) is 0.666. The van der Waals surface area contributed by atoms with Crippen molar-refractivity contribution in [2.24, 2.45) is 0 Å². The molecule has 0 fully saturated rings. The van der Waals surface area contributed by atoms with Crippen LogP contribution in [0.15, 0.2) is 38.3 Å². The van der Waals surface area contributed by atoms with Crippen molar-refractivity contribution in [3.05, 3.63) is 35.2 Å². The number of rotatable bonds is 1.